The van der Waals surface area contributed by atoms with Crippen LogP contribution in [0.5, 0.6) is 0 Å². The number of pyridine rings is 1. The van der Waals surface area contributed by atoms with Crippen LogP contribution in [0.2, 0.25) is 5.02 Å². The molecule has 0 aliphatic heterocycles. The fourth-order valence-electron chi connectivity index (χ4n) is 4.86. The molecule has 1 aliphatic rings. The fraction of sp³-hybridized carbons (Fsp3) is 0.241. The molecule has 0 N–H and O–H groups in total. The molecule has 2 aromatic carbocycles. The van der Waals surface area contributed by atoms with E-state index in [2.05, 4.69) is 4.99 Å². The zero-order chi connectivity index (χ0) is 28.6. The third-order valence-electron chi connectivity index (χ3n) is 6.82. The van der Waals surface area contributed by atoms with Crippen molar-refractivity contribution < 1.29 is 21.8 Å². The molecule has 4 atom stereocenters. The van der Waals surface area contributed by atoms with E-state index >= 15 is 8.78 Å². The molecule has 0 radical (unpaired) electrons. The Bertz CT molecular complexity index is 1610. The summed E-state index contributed by atoms with van der Waals surface area (Å²) in [4.78, 5) is 17.1. The Labute approximate surface area is 230 Å². The maximum absolute atomic E-state index is 15.6. The summed E-state index contributed by atoms with van der Waals surface area (Å²) >= 11 is 6.44. The van der Waals surface area contributed by atoms with Gasteiger partial charge in [-0.05, 0) is 61.6 Å². The van der Waals surface area contributed by atoms with Crippen molar-refractivity contribution in [2.45, 2.75) is 37.5 Å². The second-order valence-corrected chi connectivity index (χ2v) is 11.0. The second kappa shape index (κ2) is 11.4. The molecule has 4 rings (SSSR count). The molecule has 204 valence electrons. The van der Waals surface area contributed by atoms with Crippen molar-refractivity contribution in [3.63, 3.8) is 0 Å². The van der Waals surface area contributed by atoms with Gasteiger partial charge in [-0.3, -0.25) is 18.6 Å². The molecule has 3 aromatic rings. The zero-order valence-electron chi connectivity index (χ0n) is 21.5. The first-order valence-corrected chi connectivity index (χ1v) is 14.0. The largest absolute Gasteiger partial charge is 0.284 e. The lowest BCUT2D eigenvalue weighted by Crippen LogP contribution is -2.21. The van der Waals surface area contributed by atoms with Gasteiger partial charge >= 0.3 is 0 Å². The Morgan fingerprint density at radius 1 is 1.10 bits per heavy atom. The fourth-order valence-corrected chi connectivity index (χ4v) is 5.76. The molecule has 10 heteroatoms. The van der Waals surface area contributed by atoms with Crippen LogP contribution in [-0.2, 0) is 10.8 Å². The second-order valence-electron chi connectivity index (χ2n) is 9.29. The normalized spacial score (nSPS) is 20.5. The molecule has 3 unspecified atom stereocenters. The number of halogens is 5. The minimum Gasteiger partial charge on any atom is -0.284 e. The van der Waals surface area contributed by atoms with Gasteiger partial charge < -0.3 is 0 Å². The van der Waals surface area contributed by atoms with E-state index in [9.17, 15) is 17.8 Å². The zero-order valence-corrected chi connectivity index (χ0v) is 23.1. The molecule has 1 aromatic heterocycles. The van der Waals surface area contributed by atoms with E-state index < -0.39 is 57.2 Å². The molecule has 1 saturated carbocycles. The molecule has 0 spiro atoms. The van der Waals surface area contributed by atoms with Gasteiger partial charge in [0.05, 0.1) is 21.9 Å². The van der Waals surface area contributed by atoms with Gasteiger partial charge in [-0.1, -0.05) is 36.7 Å². The van der Waals surface area contributed by atoms with Crippen molar-refractivity contribution in [1.82, 2.24) is 4.57 Å². The average Bonchev–Trinajstić information content (AvgIpc) is 3.54. The molecule has 0 saturated heterocycles. The van der Waals surface area contributed by atoms with Crippen molar-refractivity contribution in [1.29, 1.82) is 0 Å². The summed E-state index contributed by atoms with van der Waals surface area (Å²) in [5.41, 5.74) is -0.726. The van der Waals surface area contributed by atoms with E-state index in [0.717, 1.165) is 10.8 Å². The van der Waals surface area contributed by atoms with Crippen LogP contribution in [-0.4, -0.2) is 20.7 Å². The minimum atomic E-state index is -1.67. The highest BCUT2D eigenvalue weighted by Gasteiger charge is 2.52. The summed E-state index contributed by atoms with van der Waals surface area (Å²) in [6.07, 6.45) is 4.94. The summed E-state index contributed by atoms with van der Waals surface area (Å²) < 4.78 is 72.5. The molecular formula is C29H25ClF4N2O2S. The van der Waals surface area contributed by atoms with E-state index in [0.29, 0.717) is 11.3 Å². The van der Waals surface area contributed by atoms with Crippen molar-refractivity contribution in [3.8, 4) is 0 Å². The highest BCUT2D eigenvalue weighted by atomic mass is 35.5. The Balaban J connectivity index is 1.78. The third kappa shape index (κ3) is 5.43. The van der Waals surface area contributed by atoms with Crippen molar-refractivity contribution in [2.75, 3.05) is 6.26 Å². The molecule has 0 bridgehead atoms. The van der Waals surface area contributed by atoms with E-state index in [1.165, 1.54) is 54.9 Å². The number of allylic oxidation sites excluding steroid dienone is 2. The quantitative estimate of drug-likeness (QED) is 0.219. The minimum absolute atomic E-state index is 0.0547. The van der Waals surface area contributed by atoms with E-state index in [-0.39, 0.29) is 27.0 Å². The number of hydrogen-bond donors (Lipinski definition) is 0. The van der Waals surface area contributed by atoms with Crippen LogP contribution in [0.1, 0.15) is 48.1 Å². The molecule has 0 amide bonds. The van der Waals surface area contributed by atoms with Crippen LogP contribution in [0.4, 0.5) is 17.6 Å². The molecule has 39 heavy (non-hydrogen) atoms. The van der Waals surface area contributed by atoms with Crippen LogP contribution in [0, 0.1) is 30.3 Å². The van der Waals surface area contributed by atoms with E-state index in [4.69, 9.17) is 11.6 Å². The Morgan fingerprint density at radius 3 is 2.36 bits per heavy atom. The summed E-state index contributed by atoms with van der Waals surface area (Å²) in [5, 5.41) is -0.206. The summed E-state index contributed by atoms with van der Waals surface area (Å²) in [6.45, 7) is 5.01. The number of aryl methyl sites for hydroxylation is 1. The predicted octanol–water partition coefficient (Wildman–Crippen LogP) is 7.27. The number of nitrogens with zero attached hydrogens (tertiary/aromatic N) is 2. The first-order chi connectivity index (χ1) is 18.5. The van der Waals surface area contributed by atoms with Gasteiger partial charge in [-0.2, -0.15) is 0 Å². The number of hydrogen-bond acceptors (Lipinski definition) is 3. The maximum Gasteiger partial charge on any atom is 0.273 e. The van der Waals surface area contributed by atoms with Crippen LogP contribution in [0.15, 0.2) is 75.2 Å². The van der Waals surface area contributed by atoms with Crippen LogP contribution >= 0.6 is 11.6 Å². The number of aliphatic imine (C=N–C) groups is 1. The molecular weight excluding hydrogens is 552 g/mol. The van der Waals surface area contributed by atoms with E-state index in [1.54, 1.807) is 19.9 Å². The molecule has 1 aliphatic carbocycles. The lowest BCUT2D eigenvalue weighted by Gasteiger charge is -2.12. The number of benzene rings is 2. The van der Waals surface area contributed by atoms with Gasteiger partial charge in [-0.25, -0.2) is 17.6 Å². The van der Waals surface area contributed by atoms with Gasteiger partial charge in [0.2, 0.25) is 0 Å². The van der Waals surface area contributed by atoms with Gasteiger partial charge in [0, 0.05) is 35.2 Å². The molecule has 1 fully saturated rings. The van der Waals surface area contributed by atoms with Crippen LogP contribution in [0.25, 0.3) is 6.20 Å². The number of rotatable bonds is 7. The average molecular weight is 577 g/mol. The number of aromatic nitrogens is 1. The maximum atomic E-state index is 15.6. The standard InChI is InChI=1S/C29H25ClF4N2O2S/c1-5-12-35-28(17-8-6-11-22(27(17)34)39(4)38)21(33)14-36-15(2)13-18(26(30)29(36)37)23-16(3)24(23)25-19(31)9-7-10-20(25)32/h5-14,16,23-24H,1-4H3/b12-5+,21-14-,35-28+/t16-,23?,24?,39?/m0/s1. The Kier molecular flexibility index (Phi) is 8.42. The van der Waals surface area contributed by atoms with Gasteiger partial charge in [0.15, 0.2) is 5.83 Å². The van der Waals surface area contributed by atoms with Gasteiger partial charge in [0.1, 0.15) is 28.2 Å². The SMILES string of the molecule is C/C=C/N=C(/C(F)=C/n1c(C)cc(C2C(c3c(F)cccc3F)[C@H]2C)c(Cl)c1=O)c1cccc(S(C)=O)c1F. The Hall–Kier alpha value is -3.30. The Morgan fingerprint density at radius 2 is 1.74 bits per heavy atom. The van der Waals surface area contributed by atoms with Crippen LogP contribution < -0.4 is 5.56 Å². The molecule has 1 heterocycles. The predicted molar refractivity (Wildman–Crippen MR) is 147 cm³/mol. The highest BCUT2D eigenvalue weighted by Crippen LogP contribution is 2.62. The third-order valence-corrected chi connectivity index (χ3v) is 8.14. The first kappa shape index (κ1) is 28.7. The summed E-state index contributed by atoms with van der Waals surface area (Å²) in [6, 6.07) is 9.29. The van der Waals surface area contributed by atoms with Gasteiger partial charge in [-0.15, -0.1) is 0 Å². The smallest absolute Gasteiger partial charge is 0.273 e. The van der Waals surface area contributed by atoms with Crippen molar-refractivity contribution in [2.24, 2.45) is 10.9 Å². The highest BCUT2D eigenvalue weighted by molar-refractivity contribution is 7.84. The molecule has 4 nitrogen and oxygen atoms in total. The van der Waals surface area contributed by atoms with Gasteiger partial charge in [0.25, 0.3) is 5.56 Å². The monoisotopic (exact) mass is 576 g/mol. The van der Waals surface area contributed by atoms with Crippen LogP contribution in [0.3, 0.4) is 0 Å². The summed E-state index contributed by atoms with van der Waals surface area (Å²) in [5.74, 6) is -4.37. The van der Waals surface area contributed by atoms with Crippen molar-refractivity contribution >= 4 is 34.3 Å². The lowest BCUT2D eigenvalue weighted by atomic mass is 10.0. The summed E-state index contributed by atoms with van der Waals surface area (Å²) in [7, 11) is -1.67. The van der Waals surface area contributed by atoms with Crippen molar-refractivity contribution in [3.05, 3.63) is 116 Å². The topological polar surface area (TPSA) is 51.4 Å². The van der Waals surface area contributed by atoms with E-state index in [1.807, 2.05) is 6.92 Å². The lowest BCUT2D eigenvalue weighted by molar-refractivity contribution is 0.552. The first-order valence-electron chi connectivity index (χ1n) is 12.0.